The molecule has 1 aliphatic heterocycles. The molecule has 1 rings (SSSR count). The molecule has 4 heteroatoms. The molecule has 0 unspecified atom stereocenters. The molecule has 2 nitrogen and oxygen atoms in total. The average Bonchev–Trinajstić information content (AvgIpc) is 2.57. The first-order valence-electron chi connectivity index (χ1n) is 6.46. The zero-order valence-electron chi connectivity index (χ0n) is 10.3. The Labute approximate surface area is 104 Å². The van der Waals surface area contributed by atoms with E-state index in [-0.39, 0.29) is 0 Å². The topological polar surface area (TPSA) is 34.1 Å². The van der Waals surface area contributed by atoms with Crippen molar-refractivity contribution in [1.29, 1.82) is 0 Å². The largest absolute Gasteiger partial charge is 0.229 e. The first-order chi connectivity index (χ1) is 7.64. The first kappa shape index (κ1) is 14.4. The summed E-state index contributed by atoms with van der Waals surface area (Å²) in [5, 5.41) is 0.389. The number of rotatable bonds is 8. The lowest BCUT2D eigenvalue weighted by Crippen LogP contribution is -2.06. The van der Waals surface area contributed by atoms with Crippen LogP contribution >= 0.6 is 11.8 Å². The maximum Gasteiger partial charge on any atom is 0.151 e. The SMILES string of the molecule is CCCCCCCCS[C@H]1CCS(=O)(=O)C1. The van der Waals surface area contributed by atoms with Crippen LogP contribution in [0.25, 0.3) is 0 Å². The first-order valence-corrected chi connectivity index (χ1v) is 9.33. The van der Waals surface area contributed by atoms with Gasteiger partial charge in [-0.3, -0.25) is 0 Å². The van der Waals surface area contributed by atoms with Gasteiger partial charge in [0.05, 0.1) is 11.5 Å². The molecule has 0 saturated carbocycles. The predicted octanol–water partition coefficient (Wildman–Crippen LogP) is 3.27. The van der Waals surface area contributed by atoms with E-state index in [9.17, 15) is 8.42 Å². The van der Waals surface area contributed by atoms with Gasteiger partial charge in [-0.25, -0.2) is 8.42 Å². The van der Waals surface area contributed by atoms with Crippen molar-refractivity contribution < 1.29 is 8.42 Å². The highest BCUT2D eigenvalue weighted by Gasteiger charge is 2.27. The van der Waals surface area contributed by atoms with E-state index in [1.807, 2.05) is 11.8 Å². The van der Waals surface area contributed by atoms with Crippen LogP contribution in [0.15, 0.2) is 0 Å². The van der Waals surface area contributed by atoms with Gasteiger partial charge in [0.25, 0.3) is 0 Å². The van der Waals surface area contributed by atoms with Gasteiger partial charge in [-0.05, 0) is 18.6 Å². The van der Waals surface area contributed by atoms with Gasteiger partial charge in [-0.2, -0.15) is 11.8 Å². The van der Waals surface area contributed by atoms with Crippen LogP contribution in [-0.4, -0.2) is 30.9 Å². The van der Waals surface area contributed by atoms with Gasteiger partial charge in [0.2, 0.25) is 0 Å². The second-order valence-corrected chi connectivity index (χ2v) is 8.30. The number of hydrogen-bond acceptors (Lipinski definition) is 3. The Morgan fingerprint density at radius 2 is 1.81 bits per heavy atom. The van der Waals surface area contributed by atoms with Crippen molar-refractivity contribution in [3.63, 3.8) is 0 Å². The predicted molar refractivity (Wildman–Crippen MR) is 72.9 cm³/mol. The lowest BCUT2D eigenvalue weighted by Gasteiger charge is -2.06. The molecule has 0 N–H and O–H groups in total. The number of sulfone groups is 1. The molecule has 0 aromatic rings. The summed E-state index contributed by atoms with van der Waals surface area (Å²) in [6.07, 6.45) is 8.80. The molecule has 1 fully saturated rings. The Morgan fingerprint density at radius 3 is 2.44 bits per heavy atom. The van der Waals surface area contributed by atoms with Crippen LogP contribution in [0.3, 0.4) is 0 Å². The van der Waals surface area contributed by atoms with Crippen molar-refractivity contribution in [3.8, 4) is 0 Å². The lowest BCUT2D eigenvalue weighted by molar-refractivity contribution is 0.602. The Hall–Kier alpha value is 0.300. The van der Waals surface area contributed by atoms with Crippen molar-refractivity contribution in [2.45, 2.75) is 57.1 Å². The Morgan fingerprint density at radius 1 is 1.12 bits per heavy atom. The van der Waals surface area contributed by atoms with Crippen LogP contribution in [0, 0.1) is 0 Å². The minimum absolute atomic E-state index is 0.389. The van der Waals surface area contributed by atoms with E-state index in [0.717, 1.165) is 12.2 Å². The van der Waals surface area contributed by atoms with Gasteiger partial charge >= 0.3 is 0 Å². The molecule has 0 radical (unpaired) electrons. The third-order valence-electron chi connectivity index (χ3n) is 3.04. The van der Waals surface area contributed by atoms with Crippen molar-refractivity contribution in [2.75, 3.05) is 17.3 Å². The molecule has 1 atom stereocenters. The van der Waals surface area contributed by atoms with Crippen molar-refractivity contribution in [2.24, 2.45) is 0 Å². The van der Waals surface area contributed by atoms with Crippen LogP contribution in [0.4, 0.5) is 0 Å². The van der Waals surface area contributed by atoms with Gasteiger partial charge in [-0.1, -0.05) is 39.0 Å². The molecule has 0 aliphatic carbocycles. The van der Waals surface area contributed by atoms with Crippen LogP contribution in [0.1, 0.15) is 51.9 Å². The van der Waals surface area contributed by atoms with Crippen LogP contribution in [0.2, 0.25) is 0 Å². The molecule has 0 bridgehead atoms. The standard InChI is InChI=1S/C12H24O2S2/c1-2-3-4-5-6-7-9-15-12-8-10-16(13,14)11-12/h12H,2-11H2,1H3/t12-/m0/s1. The zero-order chi connectivity index (χ0) is 11.9. The van der Waals surface area contributed by atoms with Gasteiger partial charge in [-0.15, -0.1) is 0 Å². The molecular weight excluding hydrogens is 240 g/mol. The highest BCUT2D eigenvalue weighted by molar-refractivity contribution is 8.01. The molecule has 0 aromatic carbocycles. The van der Waals surface area contributed by atoms with Gasteiger partial charge in [0.15, 0.2) is 9.84 Å². The summed E-state index contributed by atoms with van der Waals surface area (Å²) in [6, 6.07) is 0. The zero-order valence-corrected chi connectivity index (χ0v) is 11.9. The molecular formula is C12H24O2S2. The molecule has 0 amide bonds. The van der Waals surface area contributed by atoms with Crippen molar-refractivity contribution in [3.05, 3.63) is 0 Å². The quantitative estimate of drug-likeness (QED) is 0.631. The third-order valence-corrected chi connectivity index (χ3v) is 6.42. The summed E-state index contributed by atoms with van der Waals surface area (Å²) in [5.74, 6) is 1.99. The van der Waals surface area contributed by atoms with E-state index < -0.39 is 9.84 Å². The second-order valence-electron chi connectivity index (χ2n) is 4.66. The molecule has 0 spiro atoms. The minimum Gasteiger partial charge on any atom is -0.229 e. The Balaban J connectivity index is 1.92. The van der Waals surface area contributed by atoms with Gasteiger partial charge in [0, 0.05) is 5.25 Å². The summed E-state index contributed by atoms with van der Waals surface area (Å²) < 4.78 is 22.5. The Bertz CT molecular complexity index is 273. The Kier molecular flexibility index (Phi) is 6.81. The van der Waals surface area contributed by atoms with Crippen LogP contribution < -0.4 is 0 Å². The smallest absolute Gasteiger partial charge is 0.151 e. The van der Waals surface area contributed by atoms with Gasteiger partial charge < -0.3 is 0 Å². The van der Waals surface area contributed by atoms with E-state index >= 15 is 0 Å². The molecule has 96 valence electrons. The number of hydrogen-bond donors (Lipinski definition) is 0. The highest BCUT2D eigenvalue weighted by atomic mass is 32.2. The van der Waals surface area contributed by atoms with E-state index in [2.05, 4.69) is 6.92 Å². The number of thioether (sulfide) groups is 1. The summed E-state index contributed by atoms with van der Waals surface area (Å²) >= 11 is 1.87. The van der Waals surface area contributed by atoms with E-state index in [1.54, 1.807) is 0 Å². The third kappa shape index (κ3) is 6.14. The minimum atomic E-state index is -2.67. The summed E-state index contributed by atoms with van der Waals surface area (Å²) in [7, 11) is -2.67. The van der Waals surface area contributed by atoms with Crippen LogP contribution in [0.5, 0.6) is 0 Å². The molecule has 16 heavy (non-hydrogen) atoms. The maximum atomic E-state index is 11.2. The monoisotopic (exact) mass is 264 g/mol. The number of unbranched alkanes of at least 4 members (excludes halogenated alkanes) is 5. The van der Waals surface area contributed by atoms with E-state index in [4.69, 9.17) is 0 Å². The van der Waals surface area contributed by atoms with E-state index in [1.165, 1.54) is 38.5 Å². The highest BCUT2D eigenvalue weighted by Crippen LogP contribution is 2.25. The lowest BCUT2D eigenvalue weighted by atomic mass is 10.1. The fourth-order valence-electron chi connectivity index (χ4n) is 2.02. The molecule has 1 saturated heterocycles. The summed E-state index contributed by atoms with van der Waals surface area (Å²) in [4.78, 5) is 0. The molecule has 0 aromatic heterocycles. The fraction of sp³-hybridized carbons (Fsp3) is 1.00. The maximum absolute atomic E-state index is 11.2. The average molecular weight is 264 g/mol. The normalized spacial score (nSPS) is 23.7. The summed E-state index contributed by atoms with van der Waals surface area (Å²) in [5.41, 5.74) is 0. The van der Waals surface area contributed by atoms with Crippen molar-refractivity contribution >= 4 is 21.6 Å². The molecule has 1 heterocycles. The van der Waals surface area contributed by atoms with Crippen molar-refractivity contribution in [1.82, 2.24) is 0 Å². The fourth-order valence-corrected chi connectivity index (χ4v) is 5.71. The molecule has 1 aliphatic rings. The van der Waals surface area contributed by atoms with Crippen LogP contribution in [-0.2, 0) is 9.84 Å². The van der Waals surface area contributed by atoms with Gasteiger partial charge in [0.1, 0.15) is 0 Å². The summed E-state index contributed by atoms with van der Waals surface area (Å²) in [6.45, 7) is 2.23. The van der Waals surface area contributed by atoms with E-state index in [0.29, 0.717) is 16.8 Å². The second kappa shape index (κ2) is 7.59.